The van der Waals surface area contributed by atoms with E-state index in [1.165, 1.54) is 5.69 Å². The lowest BCUT2D eigenvalue weighted by molar-refractivity contribution is 0.995. The van der Waals surface area contributed by atoms with E-state index < -0.39 is 0 Å². The van der Waals surface area contributed by atoms with Crippen LogP contribution in [-0.4, -0.2) is 9.38 Å². The van der Waals surface area contributed by atoms with Crippen LogP contribution in [0.2, 0.25) is 5.02 Å². The largest absolute Gasteiger partial charge is 0.379 e. The summed E-state index contributed by atoms with van der Waals surface area (Å²) in [5.41, 5.74) is 3.33. The molecule has 3 rings (SSSR count). The van der Waals surface area contributed by atoms with Crippen molar-refractivity contribution < 1.29 is 0 Å². The molecule has 18 heavy (non-hydrogen) atoms. The Hall–Kier alpha value is -1.52. The van der Waals surface area contributed by atoms with Gasteiger partial charge >= 0.3 is 0 Å². The lowest BCUT2D eigenvalue weighted by atomic mass is 10.3. The summed E-state index contributed by atoms with van der Waals surface area (Å²) in [6.07, 6.45) is 2.05. The number of nitrogens with one attached hydrogen (secondary N) is 1. The first-order valence-electron chi connectivity index (χ1n) is 5.64. The lowest BCUT2D eigenvalue weighted by Gasteiger charge is -2.06. The van der Waals surface area contributed by atoms with Crippen LogP contribution in [-0.2, 0) is 6.54 Å². The maximum atomic E-state index is 5.86. The summed E-state index contributed by atoms with van der Waals surface area (Å²) in [5, 5.41) is 6.18. The van der Waals surface area contributed by atoms with Gasteiger partial charge in [0.1, 0.15) is 0 Å². The van der Waals surface area contributed by atoms with Crippen molar-refractivity contribution >= 4 is 33.6 Å². The van der Waals surface area contributed by atoms with Gasteiger partial charge in [-0.05, 0) is 31.2 Å². The van der Waals surface area contributed by atoms with Gasteiger partial charge in [0.25, 0.3) is 0 Å². The molecule has 0 amide bonds. The topological polar surface area (TPSA) is 29.3 Å². The molecule has 0 radical (unpaired) electrons. The minimum atomic E-state index is 0.751. The van der Waals surface area contributed by atoms with Gasteiger partial charge in [0.05, 0.1) is 17.9 Å². The Morgan fingerprint density at radius 2 is 2.11 bits per heavy atom. The monoisotopic (exact) mass is 277 g/mol. The maximum Gasteiger partial charge on any atom is 0.194 e. The number of nitrogens with zero attached hydrogens (tertiary/aromatic N) is 2. The van der Waals surface area contributed by atoms with Crippen molar-refractivity contribution in [1.82, 2.24) is 9.38 Å². The molecule has 0 saturated carbocycles. The predicted molar refractivity (Wildman–Crippen MR) is 76.6 cm³/mol. The second-order valence-electron chi connectivity index (χ2n) is 4.06. The maximum absolute atomic E-state index is 5.86. The van der Waals surface area contributed by atoms with Gasteiger partial charge in [-0.25, -0.2) is 4.98 Å². The van der Waals surface area contributed by atoms with Gasteiger partial charge in [0.15, 0.2) is 4.96 Å². The number of thiazole rings is 1. The molecular weight excluding hydrogens is 266 g/mol. The van der Waals surface area contributed by atoms with Crippen molar-refractivity contribution in [1.29, 1.82) is 0 Å². The average molecular weight is 278 g/mol. The second-order valence-corrected chi connectivity index (χ2v) is 5.37. The van der Waals surface area contributed by atoms with Gasteiger partial charge in [0, 0.05) is 22.3 Å². The third-order valence-corrected chi connectivity index (χ3v) is 3.87. The Kier molecular flexibility index (Phi) is 2.97. The Labute approximate surface area is 114 Å². The highest BCUT2D eigenvalue weighted by Crippen LogP contribution is 2.19. The van der Waals surface area contributed by atoms with E-state index in [1.807, 2.05) is 36.6 Å². The quantitative estimate of drug-likeness (QED) is 0.785. The number of aromatic nitrogens is 2. The Bertz CT molecular complexity index is 669. The predicted octanol–water partition coefficient (Wildman–Crippen LogP) is 3.97. The zero-order valence-corrected chi connectivity index (χ0v) is 11.4. The fourth-order valence-corrected chi connectivity index (χ4v) is 2.81. The van der Waals surface area contributed by atoms with Crippen molar-refractivity contribution in [3.05, 3.63) is 52.3 Å². The van der Waals surface area contributed by atoms with Gasteiger partial charge in [-0.2, -0.15) is 0 Å². The first kappa shape index (κ1) is 11.6. The number of halogens is 1. The smallest absolute Gasteiger partial charge is 0.194 e. The first-order chi connectivity index (χ1) is 8.74. The zero-order valence-electron chi connectivity index (χ0n) is 9.85. The third kappa shape index (κ3) is 2.09. The van der Waals surface area contributed by atoms with Crippen molar-refractivity contribution in [3.8, 4) is 0 Å². The van der Waals surface area contributed by atoms with E-state index in [0.29, 0.717) is 0 Å². The number of hydrogen-bond donors (Lipinski definition) is 1. The minimum Gasteiger partial charge on any atom is -0.379 e. The van der Waals surface area contributed by atoms with Crippen LogP contribution in [0.1, 0.15) is 11.4 Å². The average Bonchev–Trinajstić information content (AvgIpc) is 2.90. The number of aryl methyl sites for hydroxylation is 1. The molecule has 0 unspecified atom stereocenters. The zero-order chi connectivity index (χ0) is 12.5. The SMILES string of the molecule is Cc1nc2sccn2c1CNc1ccc(Cl)cc1. The molecule has 5 heteroatoms. The van der Waals surface area contributed by atoms with Crippen molar-refractivity contribution in [3.63, 3.8) is 0 Å². The number of anilines is 1. The first-order valence-corrected chi connectivity index (χ1v) is 6.90. The number of rotatable bonds is 3. The van der Waals surface area contributed by atoms with E-state index >= 15 is 0 Å². The van der Waals surface area contributed by atoms with Gasteiger partial charge in [-0.1, -0.05) is 11.6 Å². The summed E-state index contributed by atoms with van der Waals surface area (Å²) in [6, 6.07) is 7.72. The van der Waals surface area contributed by atoms with Crippen molar-refractivity contribution in [2.24, 2.45) is 0 Å². The van der Waals surface area contributed by atoms with Crippen LogP contribution < -0.4 is 5.32 Å². The van der Waals surface area contributed by atoms with E-state index in [2.05, 4.69) is 20.9 Å². The fourth-order valence-electron chi connectivity index (χ4n) is 1.91. The number of imidazole rings is 1. The molecule has 92 valence electrons. The summed E-state index contributed by atoms with van der Waals surface area (Å²) >= 11 is 7.51. The van der Waals surface area contributed by atoms with Crippen LogP contribution in [0.4, 0.5) is 5.69 Å². The Morgan fingerprint density at radius 3 is 2.89 bits per heavy atom. The van der Waals surface area contributed by atoms with Gasteiger partial charge in [-0.15, -0.1) is 11.3 Å². The van der Waals surface area contributed by atoms with Crippen LogP contribution in [0.5, 0.6) is 0 Å². The molecule has 2 aromatic heterocycles. The molecule has 3 aromatic rings. The molecule has 1 aromatic carbocycles. The van der Waals surface area contributed by atoms with E-state index in [0.717, 1.165) is 27.9 Å². The molecule has 0 aliphatic rings. The van der Waals surface area contributed by atoms with Crippen molar-refractivity contribution in [2.75, 3.05) is 5.32 Å². The van der Waals surface area contributed by atoms with Crippen LogP contribution in [0.15, 0.2) is 35.8 Å². The Balaban J connectivity index is 1.82. The molecule has 0 aliphatic carbocycles. The van der Waals surface area contributed by atoms with E-state index in [-0.39, 0.29) is 0 Å². The van der Waals surface area contributed by atoms with Gasteiger partial charge in [-0.3, -0.25) is 4.40 Å². The molecule has 2 heterocycles. The minimum absolute atomic E-state index is 0.751. The summed E-state index contributed by atoms with van der Waals surface area (Å²) in [4.78, 5) is 5.56. The molecule has 0 spiro atoms. The van der Waals surface area contributed by atoms with Crippen molar-refractivity contribution in [2.45, 2.75) is 13.5 Å². The molecular formula is C13H12ClN3S. The van der Waals surface area contributed by atoms with E-state index in [1.54, 1.807) is 11.3 Å². The molecule has 0 atom stereocenters. The molecule has 0 bridgehead atoms. The van der Waals surface area contributed by atoms with E-state index in [9.17, 15) is 0 Å². The Morgan fingerprint density at radius 1 is 1.33 bits per heavy atom. The molecule has 1 N–H and O–H groups in total. The highest BCUT2D eigenvalue weighted by molar-refractivity contribution is 7.15. The van der Waals surface area contributed by atoms with Gasteiger partial charge < -0.3 is 5.32 Å². The van der Waals surface area contributed by atoms with E-state index in [4.69, 9.17) is 11.6 Å². The van der Waals surface area contributed by atoms with Crippen LogP contribution in [0.3, 0.4) is 0 Å². The fraction of sp³-hybridized carbons (Fsp3) is 0.154. The second kappa shape index (κ2) is 4.63. The number of fused-ring (bicyclic) bond motifs is 1. The molecule has 0 fully saturated rings. The third-order valence-electron chi connectivity index (χ3n) is 2.87. The summed E-state index contributed by atoms with van der Waals surface area (Å²) in [6.45, 7) is 2.80. The standard InChI is InChI=1S/C13H12ClN3S/c1-9-12(17-6-7-18-13(17)16-9)8-15-11-4-2-10(14)3-5-11/h2-7,15H,8H2,1H3. The number of benzene rings is 1. The molecule has 0 saturated heterocycles. The van der Waals surface area contributed by atoms with Crippen LogP contribution >= 0.6 is 22.9 Å². The molecule has 0 aliphatic heterocycles. The molecule has 3 nitrogen and oxygen atoms in total. The summed E-state index contributed by atoms with van der Waals surface area (Å²) in [5.74, 6) is 0. The number of hydrogen-bond acceptors (Lipinski definition) is 3. The van der Waals surface area contributed by atoms with Crippen LogP contribution in [0.25, 0.3) is 4.96 Å². The van der Waals surface area contributed by atoms with Crippen LogP contribution in [0, 0.1) is 6.92 Å². The summed E-state index contributed by atoms with van der Waals surface area (Å²) < 4.78 is 2.13. The normalized spacial score (nSPS) is 11.0. The summed E-state index contributed by atoms with van der Waals surface area (Å²) in [7, 11) is 0. The lowest BCUT2D eigenvalue weighted by Crippen LogP contribution is -2.03. The highest BCUT2D eigenvalue weighted by Gasteiger charge is 2.08. The highest BCUT2D eigenvalue weighted by atomic mass is 35.5. The van der Waals surface area contributed by atoms with Gasteiger partial charge in [0.2, 0.25) is 0 Å².